The number of pyridine rings is 1. The van der Waals surface area contributed by atoms with Gasteiger partial charge in [0.1, 0.15) is 5.69 Å². The highest BCUT2D eigenvalue weighted by Gasteiger charge is 2.05. The van der Waals surface area contributed by atoms with Crippen molar-refractivity contribution in [2.45, 2.75) is 33.4 Å². The fraction of sp³-hybridized carbons (Fsp3) is 0.421. The number of hydrogen-bond acceptors (Lipinski definition) is 5. The van der Waals surface area contributed by atoms with Crippen LogP contribution in [0, 0.1) is 0 Å². The average Bonchev–Trinajstić information content (AvgIpc) is 3.11. The molecule has 0 aliphatic rings. The molecule has 0 aliphatic carbocycles. The van der Waals surface area contributed by atoms with Gasteiger partial charge in [-0.1, -0.05) is 30.7 Å². The van der Waals surface area contributed by atoms with E-state index >= 15 is 0 Å². The highest BCUT2D eigenvalue weighted by Crippen LogP contribution is 2.24. The van der Waals surface area contributed by atoms with Gasteiger partial charge in [0.05, 0.1) is 18.3 Å². The van der Waals surface area contributed by atoms with Crippen LogP contribution in [0.3, 0.4) is 0 Å². The second-order valence-corrected chi connectivity index (χ2v) is 6.66. The first-order valence-electron chi connectivity index (χ1n) is 9.09. The van der Waals surface area contributed by atoms with E-state index in [4.69, 9.17) is 11.6 Å². The maximum absolute atomic E-state index is 6.04. The quantitative estimate of drug-likeness (QED) is 0.618. The molecule has 3 rings (SSSR count). The average molecular weight is 373 g/mol. The number of hydrogen-bond donors (Lipinski definition) is 1. The molecule has 0 aliphatic heterocycles. The summed E-state index contributed by atoms with van der Waals surface area (Å²) < 4.78 is 1.92. The Morgan fingerprint density at radius 2 is 2.04 bits per heavy atom. The zero-order valence-corrected chi connectivity index (χ0v) is 16.1. The van der Waals surface area contributed by atoms with E-state index in [2.05, 4.69) is 39.4 Å². The molecule has 0 saturated carbocycles. The third-order valence-corrected chi connectivity index (χ3v) is 4.74. The van der Waals surface area contributed by atoms with Crippen LogP contribution in [0.2, 0.25) is 5.02 Å². The summed E-state index contributed by atoms with van der Waals surface area (Å²) in [5, 5.41) is 13.6. The third kappa shape index (κ3) is 4.71. The van der Waals surface area contributed by atoms with Gasteiger partial charge < -0.3 is 10.2 Å². The molecule has 26 heavy (non-hydrogen) atoms. The van der Waals surface area contributed by atoms with Crippen molar-refractivity contribution in [2.24, 2.45) is 0 Å². The van der Waals surface area contributed by atoms with Gasteiger partial charge in [0.15, 0.2) is 0 Å². The Labute approximate surface area is 159 Å². The van der Waals surface area contributed by atoms with E-state index in [1.165, 1.54) is 0 Å². The number of nitrogens with one attached hydrogen (secondary N) is 1. The minimum Gasteiger partial charge on any atom is -0.379 e. The Kier molecular flexibility index (Phi) is 6.41. The molecule has 0 saturated heterocycles. The Bertz CT molecular complexity index is 843. The van der Waals surface area contributed by atoms with E-state index in [-0.39, 0.29) is 0 Å². The number of halogens is 1. The van der Waals surface area contributed by atoms with Gasteiger partial charge in [-0.2, -0.15) is 0 Å². The number of aryl methyl sites for hydroxylation is 1. The van der Waals surface area contributed by atoms with Crippen molar-refractivity contribution in [3.05, 3.63) is 47.4 Å². The molecule has 6 nitrogen and oxygen atoms in total. The molecule has 1 aromatic carbocycles. The van der Waals surface area contributed by atoms with Crippen molar-refractivity contribution in [3.63, 3.8) is 0 Å². The molecule has 2 heterocycles. The van der Waals surface area contributed by atoms with Crippen LogP contribution in [-0.4, -0.2) is 44.5 Å². The number of benzene rings is 1. The lowest BCUT2D eigenvalue weighted by Crippen LogP contribution is -2.24. The number of nitrogens with zero attached hydrogens (tertiary/aromatic N) is 5. The van der Waals surface area contributed by atoms with Crippen molar-refractivity contribution in [2.75, 3.05) is 25.0 Å². The first-order chi connectivity index (χ1) is 12.7. The Balaban J connectivity index is 1.57. The largest absolute Gasteiger partial charge is 0.379 e. The molecule has 0 amide bonds. The molecule has 1 N–H and O–H groups in total. The second-order valence-electron chi connectivity index (χ2n) is 6.23. The highest BCUT2D eigenvalue weighted by molar-refractivity contribution is 6.31. The Hall–Kier alpha value is -2.18. The van der Waals surface area contributed by atoms with E-state index in [1.54, 1.807) is 6.20 Å². The van der Waals surface area contributed by atoms with Crippen molar-refractivity contribution in [1.29, 1.82) is 0 Å². The summed E-state index contributed by atoms with van der Waals surface area (Å²) in [4.78, 5) is 6.78. The van der Waals surface area contributed by atoms with Gasteiger partial charge in [-0.15, -0.1) is 5.10 Å². The summed E-state index contributed by atoms with van der Waals surface area (Å²) in [5.41, 5.74) is 2.82. The monoisotopic (exact) mass is 372 g/mol. The van der Waals surface area contributed by atoms with Crippen LogP contribution in [0.25, 0.3) is 10.9 Å². The Morgan fingerprint density at radius 1 is 1.19 bits per heavy atom. The van der Waals surface area contributed by atoms with Crippen LogP contribution in [0.1, 0.15) is 26.0 Å². The van der Waals surface area contributed by atoms with E-state index in [1.807, 2.05) is 35.1 Å². The summed E-state index contributed by atoms with van der Waals surface area (Å²) in [5.74, 6) is 0. The molecule has 0 unspecified atom stereocenters. The molecule has 0 bridgehead atoms. The minimum absolute atomic E-state index is 0.623. The fourth-order valence-corrected chi connectivity index (χ4v) is 3.15. The lowest BCUT2D eigenvalue weighted by atomic mass is 10.2. The van der Waals surface area contributed by atoms with Crippen molar-refractivity contribution >= 4 is 28.2 Å². The third-order valence-electron chi connectivity index (χ3n) is 4.51. The number of rotatable bonds is 9. The van der Waals surface area contributed by atoms with Gasteiger partial charge in [-0.25, -0.2) is 0 Å². The van der Waals surface area contributed by atoms with Gasteiger partial charge >= 0.3 is 0 Å². The molecule has 3 aromatic rings. The summed E-state index contributed by atoms with van der Waals surface area (Å²) >= 11 is 6.04. The predicted octanol–water partition coefficient (Wildman–Crippen LogP) is 3.82. The summed E-state index contributed by atoms with van der Waals surface area (Å²) in [6, 6.07) is 7.69. The van der Waals surface area contributed by atoms with E-state index in [9.17, 15) is 0 Å². The lowest BCUT2D eigenvalue weighted by Gasteiger charge is -2.17. The van der Waals surface area contributed by atoms with Crippen LogP contribution in [0.15, 0.2) is 36.7 Å². The van der Waals surface area contributed by atoms with Crippen LogP contribution in [0.5, 0.6) is 0 Å². The molecule has 7 heteroatoms. The van der Waals surface area contributed by atoms with Gasteiger partial charge in [-0.3, -0.25) is 9.67 Å². The highest BCUT2D eigenvalue weighted by atomic mass is 35.5. The van der Waals surface area contributed by atoms with Crippen LogP contribution >= 0.6 is 11.6 Å². The van der Waals surface area contributed by atoms with E-state index in [0.29, 0.717) is 11.6 Å². The van der Waals surface area contributed by atoms with Crippen molar-refractivity contribution < 1.29 is 0 Å². The van der Waals surface area contributed by atoms with Crippen LogP contribution in [0.4, 0.5) is 5.69 Å². The number of anilines is 1. The van der Waals surface area contributed by atoms with Crippen LogP contribution in [-0.2, 0) is 13.1 Å². The molecular formula is C19H25ClN6. The second kappa shape index (κ2) is 8.96. The minimum atomic E-state index is 0.623. The molecule has 0 radical (unpaired) electrons. The summed E-state index contributed by atoms with van der Waals surface area (Å²) in [6.45, 7) is 9.17. The summed E-state index contributed by atoms with van der Waals surface area (Å²) in [7, 11) is 0. The van der Waals surface area contributed by atoms with Crippen molar-refractivity contribution in [3.8, 4) is 0 Å². The van der Waals surface area contributed by atoms with Gasteiger partial charge in [0, 0.05) is 28.8 Å². The van der Waals surface area contributed by atoms with Gasteiger partial charge in [0.25, 0.3) is 0 Å². The van der Waals surface area contributed by atoms with E-state index in [0.717, 1.165) is 54.9 Å². The predicted molar refractivity (Wildman–Crippen MR) is 107 cm³/mol. The fourth-order valence-electron chi connectivity index (χ4n) is 2.99. The van der Waals surface area contributed by atoms with Crippen LogP contribution < -0.4 is 5.32 Å². The summed E-state index contributed by atoms with van der Waals surface area (Å²) in [6.07, 6.45) is 4.87. The molecule has 0 spiro atoms. The van der Waals surface area contributed by atoms with Gasteiger partial charge in [0.2, 0.25) is 0 Å². The molecule has 138 valence electrons. The lowest BCUT2D eigenvalue weighted by molar-refractivity contribution is 0.290. The topological polar surface area (TPSA) is 58.9 Å². The van der Waals surface area contributed by atoms with Crippen molar-refractivity contribution in [1.82, 2.24) is 24.9 Å². The molecule has 0 atom stereocenters. The van der Waals surface area contributed by atoms with E-state index < -0.39 is 0 Å². The molecular weight excluding hydrogens is 348 g/mol. The number of fused-ring (bicyclic) bond motifs is 1. The first-order valence-corrected chi connectivity index (χ1v) is 9.47. The first kappa shape index (κ1) is 18.6. The standard InChI is InChI=1S/C19H25ClN6/c1-3-25(4-2)10-5-11-26-14-16(23-24-26)13-22-18-8-9-21-19-12-15(20)6-7-17(18)19/h6-9,12,14H,3-5,10-11,13H2,1-2H3,(H,21,22). The maximum Gasteiger partial charge on any atom is 0.102 e. The SMILES string of the molecule is CCN(CC)CCCn1cc(CNc2ccnc3cc(Cl)ccc23)nn1. The maximum atomic E-state index is 6.04. The normalized spacial score (nSPS) is 11.4. The zero-order valence-electron chi connectivity index (χ0n) is 15.3. The number of aromatic nitrogens is 4. The van der Waals surface area contributed by atoms with Gasteiger partial charge in [-0.05, 0) is 50.3 Å². The smallest absolute Gasteiger partial charge is 0.102 e. The Morgan fingerprint density at radius 3 is 2.85 bits per heavy atom. The zero-order chi connectivity index (χ0) is 18.4. The molecule has 2 aromatic heterocycles. The molecule has 0 fully saturated rings.